The molecule has 0 atom stereocenters. The summed E-state index contributed by atoms with van der Waals surface area (Å²) in [4.78, 5) is 25.5. The highest BCUT2D eigenvalue weighted by Crippen LogP contribution is 2.34. The van der Waals surface area contributed by atoms with Crippen molar-refractivity contribution in [2.24, 2.45) is 5.10 Å². The van der Waals surface area contributed by atoms with Crippen molar-refractivity contribution in [3.8, 4) is 11.5 Å². The number of ether oxygens (including phenoxy) is 2. The molecule has 174 valence electrons. The van der Waals surface area contributed by atoms with Crippen LogP contribution in [0.25, 0.3) is 0 Å². The van der Waals surface area contributed by atoms with Gasteiger partial charge >= 0.3 is 0 Å². The van der Waals surface area contributed by atoms with E-state index in [4.69, 9.17) is 13.9 Å². The second kappa shape index (κ2) is 9.05. The zero-order chi connectivity index (χ0) is 23.7. The van der Waals surface area contributed by atoms with Crippen molar-refractivity contribution in [1.82, 2.24) is 5.43 Å². The highest BCUT2D eigenvalue weighted by molar-refractivity contribution is 6.09. The van der Waals surface area contributed by atoms with Gasteiger partial charge in [0.1, 0.15) is 19.0 Å². The van der Waals surface area contributed by atoms with Gasteiger partial charge in [-0.05, 0) is 51.0 Å². The molecule has 8 heteroatoms. The van der Waals surface area contributed by atoms with E-state index in [1.807, 2.05) is 26.0 Å². The molecule has 0 spiro atoms. The molecule has 8 nitrogen and oxygen atoms in total. The van der Waals surface area contributed by atoms with Crippen molar-refractivity contribution < 1.29 is 23.5 Å². The molecule has 0 saturated carbocycles. The number of benzene rings is 2. The zero-order valence-corrected chi connectivity index (χ0v) is 19.1. The highest BCUT2D eigenvalue weighted by Gasteiger charge is 2.28. The Morgan fingerprint density at radius 1 is 0.912 bits per heavy atom. The first-order valence-corrected chi connectivity index (χ1v) is 11.3. The molecule has 3 aromatic rings. The first kappa shape index (κ1) is 21.8. The summed E-state index contributed by atoms with van der Waals surface area (Å²) in [6.07, 6.45) is 2.21. The topological polar surface area (TPSA) is 102 Å². The van der Waals surface area contributed by atoms with Crippen LogP contribution in [-0.2, 0) is 6.42 Å². The van der Waals surface area contributed by atoms with E-state index < -0.39 is 0 Å². The van der Waals surface area contributed by atoms with Crippen molar-refractivity contribution in [2.75, 3.05) is 18.5 Å². The molecule has 0 radical (unpaired) electrons. The number of nitrogens with one attached hydrogen (secondary N) is 2. The lowest BCUT2D eigenvalue weighted by Gasteiger charge is -2.18. The Morgan fingerprint density at radius 2 is 1.68 bits per heavy atom. The van der Waals surface area contributed by atoms with Gasteiger partial charge in [0.25, 0.3) is 11.8 Å². The van der Waals surface area contributed by atoms with E-state index in [9.17, 15) is 9.59 Å². The Kier molecular flexibility index (Phi) is 5.79. The van der Waals surface area contributed by atoms with E-state index in [0.29, 0.717) is 65.8 Å². The standard InChI is InChI=1S/C26H25N3O5/c1-15-6-8-17(9-7-15)25(30)29-28-19-4-3-5-21-23(19)16(2)24(34-21)26(31)27-18-10-11-20-22(14-18)33-13-12-32-20/h6-11,14H,3-5,12-13H2,1-2H3,(H,27,31)(H,29,30)/b28-19+. The summed E-state index contributed by atoms with van der Waals surface area (Å²) >= 11 is 0. The maximum atomic E-state index is 13.0. The van der Waals surface area contributed by atoms with Crippen molar-refractivity contribution in [1.29, 1.82) is 0 Å². The number of hydrogen-bond acceptors (Lipinski definition) is 6. The van der Waals surface area contributed by atoms with Gasteiger partial charge in [0, 0.05) is 34.9 Å². The number of carbonyl (C=O) groups is 2. The molecular formula is C26H25N3O5. The molecule has 2 N–H and O–H groups in total. The molecular weight excluding hydrogens is 434 g/mol. The molecule has 2 aliphatic rings. The molecule has 5 rings (SSSR count). The minimum atomic E-state index is -0.355. The number of aryl methyl sites for hydroxylation is 2. The third-order valence-corrected chi connectivity index (χ3v) is 5.94. The molecule has 34 heavy (non-hydrogen) atoms. The van der Waals surface area contributed by atoms with Gasteiger partial charge in [-0.3, -0.25) is 9.59 Å². The van der Waals surface area contributed by atoms with Crippen molar-refractivity contribution in [3.63, 3.8) is 0 Å². The fraction of sp³-hybridized carbons (Fsp3) is 0.269. The first-order chi connectivity index (χ1) is 16.5. The summed E-state index contributed by atoms with van der Waals surface area (Å²) in [6, 6.07) is 12.6. The third-order valence-electron chi connectivity index (χ3n) is 5.94. The minimum absolute atomic E-state index is 0.236. The number of carbonyl (C=O) groups excluding carboxylic acids is 2. The van der Waals surface area contributed by atoms with E-state index in [1.165, 1.54) is 0 Å². The number of amides is 2. The van der Waals surface area contributed by atoms with Crippen molar-refractivity contribution in [2.45, 2.75) is 33.1 Å². The number of furan rings is 1. The smallest absolute Gasteiger partial charge is 0.291 e. The van der Waals surface area contributed by atoms with Crippen LogP contribution in [0.15, 0.2) is 52.0 Å². The quantitative estimate of drug-likeness (QED) is 0.564. The number of hydrazone groups is 1. The monoisotopic (exact) mass is 459 g/mol. The molecule has 1 aliphatic heterocycles. The lowest BCUT2D eigenvalue weighted by Crippen LogP contribution is -2.22. The van der Waals surface area contributed by atoms with Crippen LogP contribution in [0.4, 0.5) is 5.69 Å². The van der Waals surface area contributed by atoms with Crippen LogP contribution in [-0.4, -0.2) is 30.7 Å². The van der Waals surface area contributed by atoms with Crippen molar-refractivity contribution in [3.05, 3.63) is 76.2 Å². The molecule has 0 fully saturated rings. The van der Waals surface area contributed by atoms with Crippen LogP contribution < -0.4 is 20.2 Å². The summed E-state index contributed by atoms with van der Waals surface area (Å²) in [5.74, 6) is 1.56. The van der Waals surface area contributed by atoms with Crippen LogP contribution in [0.5, 0.6) is 11.5 Å². The Hall–Kier alpha value is -4.07. The molecule has 2 amide bonds. The Labute approximate surface area is 196 Å². The van der Waals surface area contributed by atoms with Crippen LogP contribution in [0.3, 0.4) is 0 Å². The zero-order valence-electron chi connectivity index (χ0n) is 19.1. The van der Waals surface area contributed by atoms with E-state index in [1.54, 1.807) is 30.3 Å². The first-order valence-electron chi connectivity index (χ1n) is 11.3. The SMILES string of the molecule is Cc1ccc(C(=O)N/N=C2\CCCc3oc(C(=O)Nc4ccc5c(c4)OCCO5)c(C)c32)cc1. The normalized spacial score (nSPS) is 15.5. The van der Waals surface area contributed by atoms with E-state index in [2.05, 4.69) is 15.8 Å². The molecule has 1 aromatic heterocycles. The number of nitrogens with zero attached hydrogens (tertiary/aromatic N) is 1. The summed E-state index contributed by atoms with van der Waals surface area (Å²) in [5.41, 5.74) is 7.05. The van der Waals surface area contributed by atoms with Gasteiger partial charge in [0.05, 0.1) is 5.71 Å². The molecule has 2 aromatic carbocycles. The molecule has 0 saturated heterocycles. The predicted octanol–water partition coefficient (Wildman–Crippen LogP) is 4.39. The van der Waals surface area contributed by atoms with Crippen LogP contribution >= 0.6 is 0 Å². The lowest BCUT2D eigenvalue weighted by atomic mass is 9.93. The molecule has 0 unspecified atom stereocenters. The molecule has 0 bridgehead atoms. The Balaban J connectivity index is 1.35. The van der Waals surface area contributed by atoms with Gasteiger partial charge in [0.2, 0.25) is 0 Å². The van der Waals surface area contributed by atoms with Crippen LogP contribution in [0.2, 0.25) is 0 Å². The number of hydrogen-bond donors (Lipinski definition) is 2. The second-order valence-electron chi connectivity index (χ2n) is 8.39. The van der Waals surface area contributed by atoms with Gasteiger partial charge in [-0.2, -0.15) is 5.10 Å². The largest absolute Gasteiger partial charge is 0.486 e. The van der Waals surface area contributed by atoms with Gasteiger partial charge in [-0.1, -0.05) is 17.7 Å². The maximum Gasteiger partial charge on any atom is 0.291 e. The highest BCUT2D eigenvalue weighted by atomic mass is 16.6. The number of anilines is 1. The molecule has 1 aliphatic carbocycles. The van der Waals surface area contributed by atoms with Crippen LogP contribution in [0.1, 0.15) is 56.2 Å². The second-order valence-corrected chi connectivity index (χ2v) is 8.39. The maximum absolute atomic E-state index is 13.0. The summed E-state index contributed by atoms with van der Waals surface area (Å²) in [5, 5.41) is 7.26. The van der Waals surface area contributed by atoms with E-state index in [0.717, 1.165) is 17.5 Å². The van der Waals surface area contributed by atoms with Gasteiger partial charge in [0.15, 0.2) is 17.3 Å². The fourth-order valence-corrected chi connectivity index (χ4v) is 4.19. The average molecular weight is 460 g/mol. The average Bonchev–Trinajstić information content (AvgIpc) is 3.20. The third kappa shape index (κ3) is 4.26. The minimum Gasteiger partial charge on any atom is -0.486 e. The predicted molar refractivity (Wildman–Crippen MR) is 127 cm³/mol. The van der Waals surface area contributed by atoms with Gasteiger partial charge in [-0.25, -0.2) is 5.43 Å². The lowest BCUT2D eigenvalue weighted by molar-refractivity contribution is 0.0953. The van der Waals surface area contributed by atoms with Crippen LogP contribution in [0, 0.1) is 13.8 Å². The number of rotatable bonds is 4. The molecule has 2 heterocycles. The van der Waals surface area contributed by atoms with E-state index in [-0.39, 0.29) is 17.6 Å². The van der Waals surface area contributed by atoms with Gasteiger partial charge < -0.3 is 19.2 Å². The Bertz CT molecular complexity index is 1290. The van der Waals surface area contributed by atoms with Gasteiger partial charge in [-0.15, -0.1) is 0 Å². The fourth-order valence-electron chi connectivity index (χ4n) is 4.19. The Morgan fingerprint density at radius 3 is 2.47 bits per heavy atom. The summed E-state index contributed by atoms with van der Waals surface area (Å²) in [7, 11) is 0. The summed E-state index contributed by atoms with van der Waals surface area (Å²) < 4.78 is 17.1. The number of fused-ring (bicyclic) bond motifs is 2. The summed E-state index contributed by atoms with van der Waals surface area (Å²) in [6.45, 7) is 4.78. The van der Waals surface area contributed by atoms with Crippen molar-refractivity contribution >= 4 is 23.2 Å². The van der Waals surface area contributed by atoms with E-state index >= 15 is 0 Å².